The average molecular weight is 173 g/mol. The molecular weight excluding hydrogens is 150 g/mol. The molecule has 0 radical (unpaired) electrons. The number of unbranched alkanes of at least 4 members (excludes halogenated alkanes) is 1. The molecule has 1 aliphatic heterocycles. The first-order chi connectivity index (χ1) is 5.81. The summed E-state index contributed by atoms with van der Waals surface area (Å²) in [4.78, 5) is 2.39. The Bertz CT molecular complexity index is 77.9. The fourth-order valence-electron chi connectivity index (χ4n) is 1.21. The van der Waals surface area contributed by atoms with Crippen molar-refractivity contribution in [2.45, 2.75) is 39.0 Å². The summed E-state index contributed by atoms with van der Waals surface area (Å²) in [5.74, 6) is 0. The first-order valence-corrected chi connectivity index (χ1v) is 5.10. The second-order valence-electron chi connectivity index (χ2n) is 3.44. The summed E-state index contributed by atoms with van der Waals surface area (Å²) >= 11 is 0. The van der Waals surface area contributed by atoms with E-state index in [1.807, 2.05) is 0 Å². The van der Waals surface area contributed by atoms with Gasteiger partial charge in [0.05, 0.1) is 0 Å². The molecular formula is C10H23NO. The van der Waals surface area contributed by atoms with Crippen molar-refractivity contribution in [2.24, 2.45) is 0 Å². The van der Waals surface area contributed by atoms with Crippen LogP contribution in [0.5, 0.6) is 0 Å². The van der Waals surface area contributed by atoms with Crippen LogP contribution >= 0.6 is 0 Å². The summed E-state index contributed by atoms with van der Waals surface area (Å²) in [5.41, 5.74) is 0. The van der Waals surface area contributed by atoms with Gasteiger partial charge in [0.15, 0.2) is 0 Å². The summed E-state index contributed by atoms with van der Waals surface area (Å²) in [5, 5.41) is 8.07. The van der Waals surface area contributed by atoms with Crippen molar-refractivity contribution < 1.29 is 5.11 Å². The first-order valence-electron chi connectivity index (χ1n) is 5.10. The minimum atomic E-state index is 0.344. The average Bonchev–Trinajstić information content (AvgIpc) is 2.08. The molecule has 1 rings (SSSR count). The Kier molecular flexibility index (Phi) is 8.95. The molecule has 0 unspecified atom stereocenters. The van der Waals surface area contributed by atoms with E-state index in [9.17, 15) is 0 Å². The van der Waals surface area contributed by atoms with Gasteiger partial charge in [-0.25, -0.2) is 0 Å². The lowest BCUT2D eigenvalue weighted by Gasteiger charge is -2.20. The lowest BCUT2D eigenvalue weighted by molar-refractivity contribution is 0.277. The molecule has 1 saturated heterocycles. The zero-order chi connectivity index (χ0) is 9.23. The number of aliphatic hydroxyl groups excluding tert-OH is 1. The minimum absolute atomic E-state index is 0.344. The fraction of sp³-hybridized carbons (Fsp3) is 1.00. The van der Waals surface area contributed by atoms with Gasteiger partial charge in [-0.1, -0.05) is 19.8 Å². The highest BCUT2D eigenvalue weighted by Crippen LogP contribution is 2.04. The van der Waals surface area contributed by atoms with E-state index in [1.54, 1.807) is 0 Å². The smallest absolute Gasteiger partial charge is 0.0430 e. The van der Waals surface area contributed by atoms with Crippen LogP contribution in [0.2, 0.25) is 0 Å². The van der Waals surface area contributed by atoms with Crippen molar-refractivity contribution in [1.29, 1.82) is 0 Å². The molecule has 0 aliphatic carbocycles. The summed E-state index contributed by atoms with van der Waals surface area (Å²) < 4.78 is 0. The number of aliphatic hydroxyl groups is 1. The Balaban J connectivity index is 0.000000217. The normalized spacial score (nSPS) is 18.2. The van der Waals surface area contributed by atoms with Crippen molar-refractivity contribution in [3.05, 3.63) is 0 Å². The zero-order valence-electron chi connectivity index (χ0n) is 8.55. The molecule has 2 heteroatoms. The standard InChI is InChI=1S/C6H13N.C4H10O/c1-7-5-3-2-4-6-7;1-2-3-4-5/h2-6H2,1H3;5H,2-4H2,1H3. The van der Waals surface area contributed by atoms with E-state index in [1.165, 1.54) is 32.4 Å². The first kappa shape index (κ1) is 11.9. The van der Waals surface area contributed by atoms with Gasteiger partial charge in [-0.2, -0.15) is 0 Å². The van der Waals surface area contributed by atoms with Gasteiger partial charge in [0.2, 0.25) is 0 Å². The number of nitrogens with zero attached hydrogens (tertiary/aromatic N) is 1. The van der Waals surface area contributed by atoms with Crippen LogP contribution in [0.15, 0.2) is 0 Å². The maximum Gasteiger partial charge on any atom is 0.0430 e. The highest BCUT2D eigenvalue weighted by Gasteiger charge is 2.02. The van der Waals surface area contributed by atoms with Crippen LogP contribution in [0.1, 0.15) is 39.0 Å². The van der Waals surface area contributed by atoms with Crippen LogP contribution < -0.4 is 0 Å². The molecule has 0 aromatic rings. The number of likely N-dealkylation sites (tertiary alicyclic amines) is 1. The molecule has 0 aromatic heterocycles. The van der Waals surface area contributed by atoms with Gasteiger partial charge in [0.25, 0.3) is 0 Å². The number of rotatable bonds is 2. The lowest BCUT2D eigenvalue weighted by Crippen LogP contribution is -2.24. The van der Waals surface area contributed by atoms with Gasteiger partial charge < -0.3 is 10.0 Å². The fourth-order valence-corrected chi connectivity index (χ4v) is 1.21. The van der Waals surface area contributed by atoms with Crippen LogP contribution in [-0.4, -0.2) is 36.8 Å². The van der Waals surface area contributed by atoms with Gasteiger partial charge in [-0.15, -0.1) is 0 Å². The Morgan fingerprint density at radius 1 is 1.17 bits per heavy atom. The van der Waals surface area contributed by atoms with Crippen molar-refractivity contribution in [1.82, 2.24) is 4.90 Å². The number of hydrogen-bond donors (Lipinski definition) is 1. The lowest BCUT2D eigenvalue weighted by atomic mass is 10.1. The molecule has 0 saturated carbocycles. The van der Waals surface area contributed by atoms with E-state index in [-0.39, 0.29) is 0 Å². The van der Waals surface area contributed by atoms with Gasteiger partial charge in [0, 0.05) is 6.61 Å². The maximum absolute atomic E-state index is 8.07. The van der Waals surface area contributed by atoms with E-state index in [0.29, 0.717) is 6.61 Å². The molecule has 0 bridgehead atoms. The highest BCUT2D eigenvalue weighted by atomic mass is 16.2. The maximum atomic E-state index is 8.07. The minimum Gasteiger partial charge on any atom is -0.396 e. The third-order valence-electron chi connectivity index (χ3n) is 2.09. The van der Waals surface area contributed by atoms with Crippen LogP contribution in [-0.2, 0) is 0 Å². The van der Waals surface area contributed by atoms with Gasteiger partial charge in [-0.3, -0.25) is 0 Å². The molecule has 74 valence electrons. The van der Waals surface area contributed by atoms with Crippen LogP contribution in [0, 0.1) is 0 Å². The Morgan fingerprint density at radius 2 is 1.75 bits per heavy atom. The molecule has 1 aliphatic rings. The highest BCUT2D eigenvalue weighted by molar-refractivity contribution is 4.58. The molecule has 0 aromatic carbocycles. The van der Waals surface area contributed by atoms with E-state index in [4.69, 9.17) is 5.11 Å². The van der Waals surface area contributed by atoms with Crippen molar-refractivity contribution >= 4 is 0 Å². The van der Waals surface area contributed by atoms with Gasteiger partial charge >= 0.3 is 0 Å². The number of hydrogen-bond acceptors (Lipinski definition) is 2. The van der Waals surface area contributed by atoms with E-state index in [0.717, 1.165) is 12.8 Å². The summed E-state index contributed by atoms with van der Waals surface area (Å²) in [6, 6.07) is 0. The van der Waals surface area contributed by atoms with Gasteiger partial charge in [-0.05, 0) is 39.4 Å². The Morgan fingerprint density at radius 3 is 1.92 bits per heavy atom. The molecule has 0 spiro atoms. The van der Waals surface area contributed by atoms with Crippen molar-refractivity contribution in [3.63, 3.8) is 0 Å². The predicted octanol–water partition coefficient (Wildman–Crippen LogP) is 1.88. The molecule has 0 atom stereocenters. The Hall–Kier alpha value is -0.0800. The van der Waals surface area contributed by atoms with Gasteiger partial charge in [0.1, 0.15) is 0 Å². The molecule has 12 heavy (non-hydrogen) atoms. The molecule has 1 N–H and O–H groups in total. The quantitative estimate of drug-likeness (QED) is 0.689. The molecule has 2 nitrogen and oxygen atoms in total. The largest absolute Gasteiger partial charge is 0.396 e. The summed E-state index contributed by atoms with van der Waals surface area (Å²) in [6.45, 7) is 5.03. The van der Waals surface area contributed by atoms with Crippen molar-refractivity contribution in [3.8, 4) is 0 Å². The van der Waals surface area contributed by atoms with E-state index < -0.39 is 0 Å². The zero-order valence-corrected chi connectivity index (χ0v) is 8.55. The predicted molar refractivity (Wildman–Crippen MR) is 53.3 cm³/mol. The topological polar surface area (TPSA) is 23.5 Å². The Labute approximate surface area is 76.6 Å². The second-order valence-corrected chi connectivity index (χ2v) is 3.44. The van der Waals surface area contributed by atoms with E-state index in [2.05, 4.69) is 18.9 Å². The second kappa shape index (κ2) is 9.01. The molecule has 0 amide bonds. The molecule has 1 heterocycles. The van der Waals surface area contributed by atoms with Crippen LogP contribution in [0.3, 0.4) is 0 Å². The van der Waals surface area contributed by atoms with Crippen molar-refractivity contribution in [2.75, 3.05) is 26.7 Å². The monoisotopic (exact) mass is 173 g/mol. The molecule has 1 fully saturated rings. The number of piperidine rings is 1. The van der Waals surface area contributed by atoms with E-state index >= 15 is 0 Å². The SMILES string of the molecule is CCCCO.CN1CCCCC1. The summed E-state index contributed by atoms with van der Waals surface area (Å²) in [7, 11) is 2.19. The van der Waals surface area contributed by atoms with Crippen LogP contribution in [0.4, 0.5) is 0 Å². The van der Waals surface area contributed by atoms with Crippen LogP contribution in [0.25, 0.3) is 0 Å². The third kappa shape index (κ3) is 8.02. The summed E-state index contributed by atoms with van der Waals surface area (Å²) in [6.07, 6.45) is 6.31. The third-order valence-corrected chi connectivity index (χ3v) is 2.09.